The number of halogens is 4. The molecule has 2 aromatic carbocycles. The van der Waals surface area contributed by atoms with Crippen LogP contribution < -0.4 is 20.7 Å². The number of hydrogen-bond acceptors (Lipinski definition) is 3. The summed E-state index contributed by atoms with van der Waals surface area (Å²) in [5.74, 6) is -0.0170. The van der Waals surface area contributed by atoms with Crippen LogP contribution in [0.15, 0.2) is 53.5 Å². The predicted octanol–water partition coefficient (Wildman–Crippen LogP) is 3.43. The second kappa shape index (κ2) is 11.5. The van der Waals surface area contributed by atoms with Crippen LogP contribution in [-0.2, 0) is 13.1 Å². The Bertz CT molecular complexity index is 827. The molecule has 0 atom stereocenters. The molecule has 0 bridgehead atoms. The molecule has 0 aromatic heterocycles. The number of benzene rings is 2. The Hall–Kier alpha value is -2.50. The van der Waals surface area contributed by atoms with Gasteiger partial charge in [-0.1, -0.05) is 30.3 Å². The van der Waals surface area contributed by atoms with Crippen molar-refractivity contribution < 1.29 is 22.7 Å². The summed E-state index contributed by atoms with van der Waals surface area (Å²) >= 11 is 0. The normalized spacial score (nSPS) is 11.3. The Balaban J connectivity index is 0.00000420. The predicted molar refractivity (Wildman–Crippen MR) is 115 cm³/mol. The van der Waals surface area contributed by atoms with Gasteiger partial charge in [-0.05, 0) is 23.8 Å². The van der Waals surface area contributed by atoms with Crippen molar-refractivity contribution in [1.82, 2.24) is 16.0 Å². The fourth-order valence-electron chi connectivity index (χ4n) is 2.38. The summed E-state index contributed by atoms with van der Waals surface area (Å²) in [6, 6.07) is 12.9. The number of alkyl halides is 3. The third-order valence-corrected chi connectivity index (χ3v) is 3.77. The highest BCUT2D eigenvalue weighted by molar-refractivity contribution is 14.0. The molecule has 10 heteroatoms. The van der Waals surface area contributed by atoms with Crippen molar-refractivity contribution in [2.75, 3.05) is 14.1 Å². The molecule has 0 aliphatic carbocycles. The van der Waals surface area contributed by atoms with Crippen LogP contribution >= 0.6 is 24.0 Å². The number of nitrogens with zero attached hydrogens (tertiary/aromatic N) is 1. The third kappa shape index (κ3) is 8.18. The van der Waals surface area contributed by atoms with Gasteiger partial charge in [0.15, 0.2) is 5.96 Å². The van der Waals surface area contributed by atoms with E-state index < -0.39 is 6.36 Å². The number of para-hydroxylation sites is 1. The Morgan fingerprint density at radius 3 is 2.24 bits per heavy atom. The molecule has 2 rings (SSSR count). The first-order valence-electron chi connectivity index (χ1n) is 8.41. The number of hydrogen-bond donors (Lipinski definition) is 3. The number of guanidine groups is 1. The maximum atomic E-state index is 12.5. The summed E-state index contributed by atoms with van der Waals surface area (Å²) in [6.45, 7) is 0.524. The van der Waals surface area contributed by atoms with Gasteiger partial charge < -0.3 is 20.7 Å². The number of rotatable bonds is 6. The molecule has 0 saturated carbocycles. The minimum Gasteiger partial charge on any atom is -0.405 e. The first-order chi connectivity index (χ1) is 13.3. The van der Waals surface area contributed by atoms with Gasteiger partial charge in [-0.25, -0.2) is 0 Å². The lowest BCUT2D eigenvalue weighted by Gasteiger charge is -2.15. The number of aliphatic imine (C=N–C) groups is 1. The number of amides is 1. The van der Waals surface area contributed by atoms with E-state index in [1.165, 1.54) is 12.1 Å². The van der Waals surface area contributed by atoms with E-state index in [4.69, 9.17) is 0 Å². The van der Waals surface area contributed by atoms with Gasteiger partial charge >= 0.3 is 6.36 Å². The molecule has 0 radical (unpaired) electrons. The minimum absolute atomic E-state index is 0. The highest BCUT2D eigenvalue weighted by Crippen LogP contribution is 2.26. The number of carbonyl (C=O) groups is 1. The van der Waals surface area contributed by atoms with Crippen LogP contribution in [0.3, 0.4) is 0 Å². The maximum Gasteiger partial charge on any atom is 0.573 e. The largest absolute Gasteiger partial charge is 0.573 e. The summed E-state index contributed by atoms with van der Waals surface area (Å²) in [5, 5.41) is 8.56. The molecule has 2 aromatic rings. The van der Waals surface area contributed by atoms with Crippen LogP contribution in [0.1, 0.15) is 21.5 Å². The molecule has 0 aliphatic heterocycles. The topological polar surface area (TPSA) is 74.8 Å². The molecule has 0 fully saturated rings. The van der Waals surface area contributed by atoms with Crippen LogP contribution in [0.25, 0.3) is 0 Å². The standard InChI is InChI=1S/C19H21F3N4O2.HI/c1-23-17(27)14-9-7-13(8-10-14)11-25-18(24-2)26-12-15-5-3-4-6-16(15)28-19(20,21)22;/h3-10H,11-12H2,1-2H3,(H,23,27)(H2,24,25,26);1H. The number of nitrogens with one attached hydrogen (secondary N) is 3. The van der Waals surface area contributed by atoms with E-state index in [9.17, 15) is 18.0 Å². The molecule has 0 heterocycles. The molecule has 1 amide bonds. The van der Waals surface area contributed by atoms with Crippen molar-refractivity contribution in [2.45, 2.75) is 19.5 Å². The summed E-state index contributed by atoms with van der Waals surface area (Å²) < 4.78 is 41.5. The van der Waals surface area contributed by atoms with Crippen LogP contribution in [0.5, 0.6) is 5.75 Å². The molecule has 29 heavy (non-hydrogen) atoms. The van der Waals surface area contributed by atoms with Gasteiger partial charge in [0.2, 0.25) is 0 Å². The summed E-state index contributed by atoms with van der Waals surface area (Å²) in [6.07, 6.45) is -4.75. The molecule has 3 N–H and O–H groups in total. The first kappa shape index (κ1) is 24.5. The zero-order chi connectivity index (χ0) is 20.6. The van der Waals surface area contributed by atoms with Crippen LogP contribution in [0.4, 0.5) is 13.2 Å². The van der Waals surface area contributed by atoms with E-state index in [2.05, 4.69) is 25.7 Å². The monoisotopic (exact) mass is 522 g/mol. The van der Waals surface area contributed by atoms with Crippen molar-refractivity contribution >= 4 is 35.8 Å². The Kier molecular flexibility index (Phi) is 9.72. The molecule has 0 aliphatic rings. The highest BCUT2D eigenvalue weighted by atomic mass is 127. The number of ether oxygens (including phenoxy) is 1. The zero-order valence-electron chi connectivity index (χ0n) is 15.8. The van der Waals surface area contributed by atoms with E-state index in [-0.39, 0.29) is 42.2 Å². The van der Waals surface area contributed by atoms with Crippen molar-refractivity contribution in [2.24, 2.45) is 4.99 Å². The molecule has 0 unspecified atom stereocenters. The van der Waals surface area contributed by atoms with Crippen molar-refractivity contribution in [3.63, 3.8) is 0 Å². The van der Waals surface area contributed by atoms with Crippen LogP contribution in [-0.4, -0.2) is 32.3 Å². The van der Waals surface area contributed by atoms with Gasteiger partial charge in [0.25, 0.3) is 5.91 Å². The first-order valence-corrected chi connectivity index (χ1v) is 8.41. The van der Waals surface area contributed by atoms with E-state index in [0.717, 1.165) is 5.56 Å². The summed E-state index contributed by atoms with van der Waals surface area (Å²) in [5.41, 5.74) is 1.81. The smallest absolute Gasteiger partial charge is 0.405 e. The van der Waals surface area contributed by atoms with E-state index in [1.54, 1.807) is 50.5 Å². The molecule has 0 spiro atoms. The summed E-state index contributed by atoms with van der Waals surface area (Å²) in [7, 11) is 3.12. The SMILES string of the molecule is CN=C(NCc1ccc(C(=O)NC)cc1)NCc1ccccc1OC(F)(F)F.I. The quantitative estimate of drug-likeness (QED) is 0.309. The minimum atomic E-state index is -4.75. The van der Waals surface area contributed by atoms with Gasteiger partial charge in [-0.2, -0.15) is 0 Å². The van der Waals surface area contributed by atoms with Crippen molar-refractivity contribution in [3.8, 4) is 5.75 Å². The zero-order valence-corrected chi connectivity index (χ0v) is 18.2. The van der Waals surface area contributed by atoms with Gasteiger partial charge in [-0.15, -0.1) is 37.1 Å². The van der Waals surface area contributed by atoms with Gasteiger partial charge in [0.05, 0.1) is 0 Å². The fraction of sp³-hybridized carbons (Fsp3) is 0.263. The molecular weight excluding hydrogens is 500 g/mol. The summed E-state index contributed by atoms with van der Waals surface area (Å²) in [4.78, 5) is 15.6. The van der Waals surface area contributed by atoms with Gasteiger partial charge in [0, 0.05) is 38.3 Å². The number of carbonyl (C=O) groups excluding carboxylic acids is 1. The van der Waals surface area contributed by atoms with E-state index in [1.807, 2.05) is 0 Å². The van der Waals surface area contributed by atoms with Gasteiger partial charge in [-0.3, -0.25) is 9.79 Å². The molecule has 0 saturated heterocycles. The Morgan fingerprint density at radius 2 is 1.66 bits per heavy atom. The average molecular weight is 522 g/mol. The fourth-order valence-corrected chi connectivity index (χ4v) is 2.38. The Morgan fingerprint density at radius 1 is 1.03 bits per heavy atom. The average Bonchev–Trinajstić information content (AvgIpc) is 2.68. The molecular formula is C19H22F3IN4O2. The van der Waals surface area contributed by atoms with Gasteiger partial charge in [0.1, 0.15) is 5.75 Å². The van der Waals surface area contributed by atoms with Crippen molar-refractivity contribution in [1.29, 1.82) is 0 Å². The van der Waals surface area contributed by atoms with E-state index in [0.29, 0.717) is 23.6 Å². The molecule has 6 nitrogen and oxygen atoms in total. The second-order valence-electron chi connectivity index (χ2n) is 5.71. The third-order valence-electron chi connectivity index (χ3n) is 3.77. The van der Waals surface area contributed by atoms with Crippen LogP contribution in [0, 0.1) is 0 Å². The highest BCUT2D eigenvalue weighted by Gasteiger charge is 2.31. The van der Waals surface area contributed by atoms with Crippen molar-refractivity contribution in [3.05, 3.63) is 65.2 Å². The molecule has 158 valence electrons. The second-order valence-corrected chi connectivity index (χ2v) is 5.71. The maximum absolute atomic E-state index is 12.5. The lowest BCUT2D eigenvalue weighted by molar-refractivity contribution is -0.274. The lowest BCUT2D eigenvalue weighted by Crippen LogP contribution is -2.36. The van der Waals surface area contributed by atoms with Crippen LogP contribution in [0.2, 0.25) is 0 Å². The van der Waals surface area contributed by atoms with E-state index >= 15 is 0 Å². The Labute approximate surface area is 184 Å². The lowest BCUT2D eigenvalue weighted by atomic mass is 10.1.